The zero-order valence-electron chi connectivity index (χ0n) is 14.5. The van der Waals surface area contributed by atoms with Crippen LogP contribution >= 0.6 is 0 Å². The van der Waals surface area contributed by atoms with Crippen LogP contribution in [0.15, 0.2) is 42.5 Å². The van der Waals surface area contributed by atoms with Crippen LogP contribution in [0.4, 0.5) is 4.39 Å². The molecule has 1 amide bonds. The van der Waals surface area contributed by atoms with E-state index in [1.807, 2.05) is 38.1 Å². The van der Waals surface area contributed by atoms with Crippen molar-refractivity contribution in [3.8, 4) is 16.9 Å². The second-order valence-electron chi connectivity index (χ2n) is 6.15. The van der Waals surface area contributed by atoms with Crippen molar-refractivity contribution in [2.45, 2.75) is 26.4 Å². The van der Waals surface area contributed by atoms with E-state index in [1.54, 1.807) is 11.0 Å². The highest BCUT2D eigenvalue weighted by molar-refractivity contribution is 5.78. The molecular weight excluding hydrogens is 321 g/mol. The van der Waals surface area contributed by atoms with Gasteiger partial charge in [0.25, 0.3) is 0 Å². The molecule has 1 heterocycles. The standard InChI is InChI=1S/C20H22FNO3/c1-3-24-13-20(23)22-11-17-9-16(15-5-4-6-18(21)10-15)7-8-19(17)25-12-14(22)2/h4-10,14H,3,11-13H2,1-2H3/t14-/m0/s1. The molecule has 1 atom stereocenters. The third kappa shape index (κ3) is 3.99. The van der Waals surface area contributed by atoms with Gasteiger partial charge >= 0.3 is 0 Å². The van der Waals surface area contributed by atoms with Gasteiger partial charge in [0.2, 0.25) is 5.91 Å². The lowest BCUT2D eigenvalue weighted by atomic mass is 10.0. The van der Waals surface area contributed by atoms with Gasteiger partial charge in [-0.05, 0) is 49.2 Å². The van der Waals surface area contributed by atoms with Crippen LogP contribution in [0.25, 0.3) is 11.1 Å². The fourth-order valence-electron chi connectivity index (χ4n) is 2.94. The molecule has 4 nitrogen and oxygen atoms in total. The maximum absolute atomic E-state index is 13.5. The summed E-state index contributed by atoms with van der Waals surface area (Å²) in [7, 11) is 0. The van der Waals surface area contributed by atoms with Crippen molar-refractivity contribution in [3.05, 3.63) is 53.8 Å². The number of hydrogen-bond donors (Lipinski definition) is 0. The Morgan fingerprint density at radius 1 is 1.28 bits per heavy atom. The first-order valence-electron chi connectivity index (χ1n) is 8.47. The van der Waals surface area contributed by atoms with Crippen LogP contribution in [0.5, 0.6) is 5.75 Å². The fraction of sp³-hybridized carbons (Fsp3) is 0.350. The van der Waals surface area contributed by atoms with E-state index in [0.29, 0.717) is 19.8 Å². The Hall–Kier alpha value is -2.40. The zero-order chi connectivity index (χ0) is 17.8. The van der Waals surface area contributed by atoms with Gasteiger partial charge in [-0.3, -0.25) is 4.79 Å². The van der Waals surface area contributed by atoms with E-state index in [1.165, 1.54) is 12.1 Å². The van der Waals surface area contributed by atoms with E-state index >= 15 is 0 Å². The summed E-state index contributed by atoms with van der Waals surface area (Å²) in [4.78, 5) is 14.2. The Morgan fingerprint density at radius 2 is 2.08 bits per heavy atom. The molecule has 0 unspecified atom stereocenters. The van der Waals surface area contributed by atoms with Crippen LogP contribution < -0.4 is 4.74 Å². The summed E-state index contributed by atoms with van der Waals surface area (Å²) in [6, 6.07) is 12.2. The lowest BCUT2D eigenvalue weighted by Crippen LogP contribution is -2.41. The lowest BCUT2D eigenvalue weighted by molar-refractivity contribution is -0.139. The smallest absolute Gasteiger partial charge is 0.249 e. The van der Waals surface area contributed by atoms with E-state index in [4.69, 9.17) is 9.47 Å². The minimum atomic E-state index is -0.272. The van der Waals surface area contributed by atoms with Crippen molar-refractivity contribution >= 4 is 5.91 Å². The van der Waals surface area contributed by atoms with Gasteiger partial charge in [0, 0.05) is 18.7 Å². The first-order chi connectivity index (χ1) is 12.1. The van der Waals surface area contributed by atoms with Crippen LogP contribution in [-0.4, -0.2) is 36.7 Å². The van der Waals surface area contributed by atoms with E-state index in [-0.39, 0.29) is 24.4 Å². The number of halogens is 1. The van der Waals surface area contributed by atoms with Crippen LogP contribution in [-0.2, 0) is 16.1 Å². The summed E-state index contributed by atoms with van der Waals surface area (Å²) in [5.74, 6) is 0.437. The summed E-state index contributed by atoms with van der Waals surface area (Å²) < 4.78 is 24.6. The Morgan fingerprint density at radius 3 is 2.84 bits per heavy atom. The number of fused-ring (bicyclic) bond motifs is 1. The first kappa shape index (κ1) is 17.4. The van der Waals surface area contributed by atoms with Crippen LogP contribution in [0.1, 0.15) is 19.4 Å². The highest BCUT2D eigenvalue weighted by Gasteiger charge is 2.25. The molecule has 1 aliphatic heterocycles. The molecule has 25 heavy (non-hydrogen) atoms. The van der Waals surface area contributed by atoms with Gasteiger partial charge in [0.05, 0.1) is 6.04 Å². The fourth-order valence-corrected chi connectivity index (χ4v) is 2.94. The van der Waals surface area contributed by atoms with Crippen LogP contribution in [0.2, 0.25) is 0 Å². The minimum Gasteiger partial charge on any atom is -0.491 e. The molecular formula is C20H22FNO3. The molecule has 3 rings (SSSR count). The van der Waals surface area contributed by atoms with Gasteiger partial charge in [-0.2, -0.15) is 0 Å². The molecule has 0 saturated carbocycles. The highest BCUT2D eigenvalue weighted by Crippen LogP contribution is 2.30. The summed E-state index contributed by atoms with van der Waals surface area (Å²) in [5, 5.41) is 0. The second-order valence-corrected chi connectivity index (χ2v) is 6.15. The predicted octanol–water partition coefficient (Wildman–Crippen LogP) is 3.64. The lowest BCUT2D eigenvalue weighted by Gasteiger charge is -2.26. The van der Waals surface area contributed by atoms with Crippen molar-refractivity contribution in [1.29, 1.82) is 0 Å². The zero-order valence-corrected chi connectivity index (χ0v) is 14.5. The van der Waals surface area contributed by atoms with Gasteiger partial charge in [-0.15, -0.1) is 0 Å². The predicted molar refractivity (Wildman–Crippen MR) is 93.8 cm³/mol. The molecule has 0 aromatic heterocycles. The molecule has 0 bridgehead atoms. The van der Waals surface area contributed by atoms with Crippen molar-refractivity contribution in [2.75, 3.05) is 19.8 Å². The van der Waals surface area contributed by atoms with Crippen LogP contribution in [0, 0.1) is 5.82 Å². The highest BCUT2D eigenvalue weighted by atomic mass is 19.1. The average Bonchev–Trinajstić information content (AvgIpc) is 2.78. The molecule has 0 aliphatic carbocycles. The number of rotatable bonds is 4. The van der Waals surface area contributed by atoms with Crippen molar-refractivity contribution in [1.82, 2.24) is 4.90 Å². The SMILES string of the molecule is CCOCC(=O)N1Cc2cc(-c3cccc(F)c3)ccc2OC[C@@H]1C. The number of ether oxygens (including phenoxy) is 2. The first-order valence-corrected chi connectivity index (χ1v) is 8.47. The van der Waals surface area contributed by atoms with Gasteiger partial charge in [0.1, 0.15) is 24.8 Å². The van der Waals surface area contributed by atoms with Gasteiger partial charge in [-0.25, -0.2) is 4.39 Å². The van der Waals surface area contributed by atoms with Crippen molar-refractivity contribution in [2.24, 2.45) is 0 Å². The van der Waals surface area contributed by atoms with Gasteiger partial charge in [-0.1, -0.05) is 18.2 Å². The molecule has 0 spiro atoms. The number of hydrogen-bond acceptors (Lipinski definition) is 3. The summed E-state index contributed by atoms with van der Waals surface area (Å²) in [6.07, 6.45) is 0. The van der Waals surface area contributed by atoms with Gasteiger partial charge in [0.15, 0.2) is 0 Å². The molecule has 2 aromatic carbocycles. The Kier molecular flexibility index (Phi) is 5.34. The molecule has 0 radical (unpaired) electrons. The summed E-state index contributed by atoms with van der Waals surface area (Å²) in [5.41, 5.74) is 2.61. The topological polar surface area (TPSA) is 38.8 Å². The third-order valence-corrected chi connectivity index (χ3v) is 4.32. The molecule has 132 valence electrons. The quantitative estimate of drug-likeness (QED) is 0.851. The molecule has 2 aromatic rings. The van der Waals surface area contributed by atoms with Crippen molar-refractivity contribution < 1.29 is 18.7 Å². The largest absolute Gasteiger partial charge is 0.491 e. The van der Waals surface area contributed by atoms with E-state index in [9.17, 15) is 9.18 Å². The average molecular weight is 343 g/mol. The second kappa shape index (κ2) is 7.66. The molecule has 0 saturated heterocycles. The Bertz CT molecular complexity index is 762. The minimum absolute atomic E-state index is 0.0435. The summed E-state index contributed by atoms with van der Waals surface area (Å²) in [6.45, 7) is 5.28. The molecule has 0 N–H and O–H groups in total. The van der Waals surface area contributed by atoms with E-state index in [2.05, 4.69) is 0 Å². The molecule has 5 heteroatoms. The van der Waals surface area contributed by atoms with Crippen LogP contribution in [0.3, 0.4) is 0 Å². The van der Waals surface area contributed by atoms with Crippen molar-refractivity contribution in [3.63, 3.8) is 0 Å². The molecule has 1 aliphatic rings. The monoisotopic (exact) mass is 343 g/mol. The number of carbonyl (C=O) groups is 1. The molecule has 0 fully saturated rings. The third-order valence-electron chi connectivity index (χ3n) is 4.32. The Labute approximate surface area is 147 Å². The maximum atomic E-state index is 13.5. The van der Waals surface area contributed by atoms with E-state index < -0.39 is 0 Å². The number of amides is 1. The number of nitrogens with zero attached hydrogens (tertiary/aromatic N) is 1. The number of benzene rings is 2. The maximum Gasteiger partial charge on any atom is 0.249 e. The summed E-state index contributed by atoms with van der Waals surface area (Å²) >= 11 is 0. The van der Waals surface area contributed by atoms with Gasteiger partial charge < -0.3 is 14.4 Å². The van der Waals surface area contributed by atoms with E-state index in [0.717, 1.165) is 22.4 Å². The Balaban J connectivity index is 1.89. The number of carbonyl (C=O) groups excluding carboxylic acids is 1. The normalized spacial score (nSPS) is 16.8.